The number of hydrogen-bond donors (Lipinski definition) is 0. The topological polar surface area (TPSA) is 31.2 Å². The van der Waals surface area contributed by atoms with E-state index < -0.39 is 0 Å². The van der Waals surface area contributed by atoms with Crippen molar-refractivity contribution >= 4 is 23.5 Å². The summed E-state index contributed by atoms with van der Waals surface area (Å²) in [4.78, 5) is 13.9. The second-order valence-corrected chi connectivity index (χ2v) is 11.2. The fourth-order valence-corrected chi connectivity index (χ4v) is 5.24. The molecule has 0 unspecified atom stereocenters. The maximum atomic E-state index is 5.93. The van der Waals surface area contributed by atoms with Crippen LogP contribution in [0.2, 0.25) is 5.02 Å². The van der Waals surface area contributed by atoms with Crippen molar-refractivity contribution in [2.45, 2.75) is 127 Å². The van der Waals surface area contributed by atoms with Crippen molar-refractivity contribution in [3.05, 3.63) is 81.9 Å². The minimum Gasteiger partial charge on any atom is -0.375 e. The molecule has 1 aromatic rings. The molecule has 5 heteroatoms. The zero-order chi connectivity index (χ0) is 33.9. The maximum absolute atomic E-state index is 5.93. The van der Waals surface area contributed by atoms with Crippen LogP contribution in [0.1, 0.15) is 125 Å². The lowest BCUT2D eigenvalue weighted by Crippen LogP contribution is -2.24. The molecular formula is C39H67ClN4. The van der Waals surface area contributed by atoms with Crippen LogP contribution in [0.15, 0.2) is 75.8 Å². The van der Waals surface area contributed by atoms with E-state index in [2.05, 4.69) is 102 Å². The third-order valence-corrected chi connectivity index (χ3v) is 7.62. The number of likely N-dealkylation sites (N-methyl/N-ethyl adjacent to an activating group) is 1. The summed E-state index contributed by atoms with van der Waals surface area (Å²) in [5, 5.41) is 0.891. The molecule has 0 aromatic heterocycles. The van der Waals surface area contributed by atoms with E-state index in [0.29, 0.717) is 0 Å². The molecule has 0 atom stereocenters. The van der Waals surface area contributed by atoms with Crippen molar-refractivity contribution in [1.29, 1.82) is 0 Å². The number of rotatable bonds is 18. The van der Waals surface area contributed by atoms with Gasteiger partial charge in [-0.3, -0.25) is 4.99 Å². The Balaban J connectivity index is 0. The SMILES string of the molecule is C=CN(CCCCC)C(/N=C(/C)CCC)=C(/C)C(=CCC)N(C)CCC/C(C=NC)=C/C.CC.CCc1c(C)cccc1Cl. The average Bonchev–Trinajstić information content (AvgIpc) is 3.02. The minimum absolute atomic E-state index is 0.891. The Morgan fingerprint density at radius 3 is 2.14 bits per heavy atom. The molecule has 0 aliphatic rings. The van der Waals surface area contributed by atoms with Gasteiger partial charge in [0.25, 0.3) is 0 Å². The van der Waals surface area contributed by atoms with Crippen molar-refractivity contribution in [3.8, 4) is 0 Å². The van der Waals surface area contributed by atoms with Gasteiger partial charge in [0.1, 0.15) is 5.82 Å². The van der Waals surface area contributed by atoms with Gasteiger partial charge >= 0.3 is 0 Å². The molecular weight excluding hydrogens is 560 g/mol. The van der Waals surface area contributed by atoms with Gasteiger partial charge in [0.05, 0.1) is 0 Å². The largest absolute Gasteiger partial charge is 0.375 e. The second-order valence-electron chi connectivity index (χ2n) is 10.8. The van der Waals surface area contributed by atoms with Gasteiger partial charge < -0.3 is 9.80 Å². The number of nitrogens with zero attached hydrogens (tertiary/aromatic N) is 4. The predicted octanol–water partition coefficient (Wildman–Crippen LogP) is 12.0. The van der Waals surface area contributed by atoms with Crippen LogP contribution >= 0.6 is 11.6 Å². The molecule has 44 heavy (non-hydrogen) atoms. The summed E-state index contributed by atoms with van der Waals surface area (Å²) in [5.74, 6) is 1.04. The number of aliphatic imine (C=N–C) groups is 2. The van der Waals surface area contributed by atoms with Crippen LogP contribution in [0.4, 0.5) is 0 Å². The first-order chi connectivity index (χ1) is 21.1. The fourth-order valence-electron chi connectivity index (χ4n) is 4.89. The van der Waals surface area contributed by atoms with Gasteiger partial charge in [-0.25, -0.2) is 4.99 Å². The highest BCUT2D eigenvalue weighted by Gasteiger charge is 2.16. The molecule has 1 rings (SSSR count). The van der Waals surface area contributed by atoms with E-state index in [1.165, 1.54) is 46.5 Å². The Morgan fingerprint density at radius 2 is 1.66 bits per heavy atom. The van der Waals surface area contributed by atoms with Gasteiger partial charge in [0.15, 0.2) is 0 Å². The Kier molecular flexibility index (Phi) is 27.6. The number of benzene rings is 1. The molecule has 0 aliphatic heterocycles. The number of aryl methyl sites for hydroxylation is 1. The molecule has 0 fully saturated rings. The Hall–Kier alpha value is -2.59. The lowest BCUT2D eigenvalue weighted by atomic mass is 10.1. The van der Waals surface area contributed by atoms with Crippen molar-refractivity contribution < 1.29 is 0 Å². The summed E-state index contributed by atoms with van der Waals surface area (Å²) in [6, 6.07) is 6.01. The first kappa shape index (κ1) is 43.5. The first-order valence-corrected chi connectivity index (χ1v) is 17.4. The summed E-state index contributed by atoms with van der Waals surface area (Å²) in [6.45, 7) is 27.4. The summed E-state index contributed by atoms with van der Waals surface area (Å²) in [5.41, 5.74) is 7.52. The lowest BCUT2D eigenvalue weighted by molar-refractivity contribution is 0.400. The Morgan fingerprint density at radius 1 is 0.977 bits per heavy atom. The summed E-state index contributed by atoms with van der Waals surface area (Å²) >= 11 is 5.93. The van der Waals surface area contributed by atoms with E-state index in [0.717, 1.165) is 68.9 Å². The third-order valence-electron chi connectivity index (χ3n) is 7.26. The van der Waals surface area contributed by atoms with E-state index in [-0.39, 0.29) is 0 Å². The minimum atomic E-state index is 0.891. The highest BCUT2D eigenvalue weighted by Crippen LogP contribution is 2.24. The van der Waals surface area contributed by atoms with Crippen LogP contribution in [0.25, 0.3) is 0 Å². The van der Waals surface area contributed by atoms with E-state index >= 15 is 0 Å². The zero-order valence-electron chi connectivity index (χ0n) is 30.7. The molecule has 1 aromatic carbocycles. The monoisotopic (exact) mass is 627 g/mol. The molecule has 0 heterocycles. The van der Waals surface area contributed by atoms with Crippen LogP contribution in [0.5, 0.6) is 0 Å². The number of halogens is 1. The second kappa shape index (κ2) is 27.9. The maximum Gasteiger partial charge on any atom is 0.137 e. The van der Waals surface area contributed by atoms with Crippen molar-refractivity contribution in [1.82, 2.24) is 9.80 Å². The predicted molar refractivity (Wildman–Crippen MR) is 202 cm³/mol. The van der Waals surface area contributed by atoms with Crippen LogP contribution in [0.3, 0.4) is 0 Å². The van der Waals surface area contributed by atoms with E-state index in [1.807, 2.05) is 45.4 Å². The molecule has 0 bridgehead atoms. The van der Waals surface area contributed by atoms with Crippen molar-refractivity contribution in [3.63, 3.8) is 0 Å². The van der Waals surface area contributed by atoms with Gasteiger partial charge in [-0.2, -0.15) is 0 Å². The molecule has 0 amide bonds. The lowest BCUT2D eigenvalue weighted by Gasteiger charge is -2.28. The van der Waals surface area contributed by atoms with Crippen LogP contribution < -0.4 is 0 Å². The van der Waals surface area contributed by atoms with Crippen molar-refractivity contribution in [2.24, 2.45) is 9.98 Å². The van der Waals surface area contributed by atoms with Gasteiger partial charge in [-0.1, -0.05) is 103 Å². The average molecular weight is 627 g/mol. The van der Waals surface area contributed by atoms with Gasteiger partial charge in [0, 0.05) is 55.4 Å². The molecule has 0 N–H and O–H groups in total. The molecule has 0 aliphatic carbocycles. The Bertz CT molecular complexity index is 1040. The van der Waals surface area contributed by atoms with Crippen LogP contribution in [0, 0.1) is 6.92 Å². The molecule has 0 saturated heterocycles. The van der Waals surface area contributed by atoms with Crippen LogP contribution in [-0.4, -0.2) is 48.9 Å². The Labute approximate surface area is 278 Å². The first-order valence-electron chi connectivity index (χ1n) is 17.0. The summed E-state index contributed by atoms with van der Waals surface area (Å²) in [7, 11) is 4.03. The van der Waals surface area contributed by atoms with E-state index in [4.69, 9.17) is 16.6 Å². The molecule has 0 saturated carbocycles. The zero-order valence-corrected chi connectivity index (χ0v) is 31.4. The highest BCUT2D eigenvalue weighted by molar-refractivity contribution is 6.31. The molecule has 0 radical (unpaired) electrons. The number of hydrogen-bond acceptors (Lipinski definition) is 4. The van der Waals surface area contributed by atoms with E-state index in [1.54, 1.807) is 0 Å². The third kappa shape index (κ3) is 17.6. The van der Waals surface area contributed by atoms with Gasteiger partial charge in [-0.15, -0.1) is 0 Å². The quantitative estimate of drug-likeness (QED) is 0.0921. The standard InChI is InChI=1S/C28H50N4.C9H11Cl.C2H6/c1-10-15-16-22-32(14-5)28(30-24(6)18-11-2)25(7)27(19-12-3)31(9)21-17-20-26(13-4)23-29-8;1-3-8-7(2)5-4-6-9(8)10;1-2/h13-14,19,23H,5,10-12,15-18,20-22H2,1-4,6-9H3;4-6H,3H2,1-2H3;1-2H3/b26-13-,27-19?,28-25-,29-23?,30-24-;;. The van der Waals surface area contributed by atoms with Gasteiger partial charge in [-0.05, 0) is 95.2 Å². The summed E-state index contributed by atoms with van der Waals surface area (Å²) < 4.78 is 0. The number of allylic oxidation sites excluding steroid dienone is 4. The highest BCUT2D eigenvalue weighted by atomic mass is 35.5. The van der Waals surface area contributed by atoms with Crippen molar-refractivity contribution in [2.75, 3.05) is 27.2 Å². The molecule has 0 spiro atoms. The normalized spacial score (nSPS) is 12.6. The van der Waals surface area contributed by atoms with Gasteiger partial charge in [0.2, 0.25) is 0 Å². The van der Waals surface area contributed by atoms with E-state index in [9.17, 15) is 0 Å². The fraction of sp³-hybridized carbons (Fsp3) is 0.590. The molecule has 4 nitrogen and oxygen atoms in total. The number of unbranched alkanes of at least 4 members (excludes halogenated alkanes) is 2. The summed E-state index contributed by atoms with van der Waals surface area (Å²) in [6.07, 6.45) is 18.3. The molecule has 250 valence electrons. The van der Waals surface area contributed by atoms with Crippen LogP contribution in [-0.2, 0) is 6.42 Å². The smallest absolute Gasteiger partial charge is 0.137 e.